The zero-order chi connectivity index (χ0) is 23.5. The summed E-state index contributed by atoms with van der Waals surface area (Å²) >= 11 is 2.63. The molecule has 0 aliphatic carbocycles. The van der Waals surface area contributed by atoms with Gasteiger partial charge in [0.1, 0.15) is 10.0 Å². The molecule has 4 rings (SSSR count). The molecule has 2 aromatic heterocycles. The lowest BCUT2D eigenvalue weighted by Gasteiger charge is -2.27. The lowest BCUT2D eigenvalue weighted by atomic mass is 10.0. The van der Waals surface area contributed by atoms with Gasteiger partial charge in [-0.2, -0.15) is 0 Å². The topological polar surface area (TPSA) is 99.6 Å². The van der Waals surface area contributed by atoms with Gasteiger partial charge in [-0.3, -0.25) is 9.59 Å². The van der Waals surface area contributed by atoms with Crippen LogP contribution in [0.15, 0.2) is 47.6 Å². The van der Waals surface area contributed by atoms with E-state index < -0.39 is 5.97 Å². The number of carboxylic acid groups (broad SMARTS) is 1. The number of hydrogen-bond acceptors (Lipinski definition) is 6. The first-order chi connectivity index (χ1) is 15.9. The number of aromatic carboxylic acids is 1. The Morgan fingerprint density at radius 3 is 2.64 bits per heavy atom. The number of amides is 2. The highest BCUT2D eigenvalue weighted by atomic mass is 32.2. The molecule has 7 nitrogen and oxygen atoms in total. The van der Waals surface area contributed by atoms with Crippen molar-refractivity contribution in [2.75, 3.05) is 18.1 Å². The molecule has 3 heterocycles. The van der Waals surface area contributed by atoms with Crippen molar-refractivity contribution in [3.63, 3.8) is 0 Å². The number of rotatable bonds is 6. The highest BCUT2D eigenvalue weighted by molar-refractivity contribution is 7.98. The van der Waals surface area contributed by atoms with Crippen molar-refractivity contribution in [2.24, 2.45) is 0 Å². The van der Waals surface area contributed by atoms with Crippen LogP contribution in [0.5, 0.6) is 0 Å². The summed E-state index contributed by atoms with van der Waals surface area (Å²) in [6, 6.07) is 10.7. The number of carboxylic acids is 1. The summed E-state index contributed by atoms with van der Waals surface area (Å²) < 4.78 is 0. The van der Waals surface area contributed by atoms with Gasteiger partial charge in [0.25, 0.3) is 11.8 Å². The smallest absolute Gasteiger partial charge is 0.339 e. The van der Waals surface area contributed by atoms with Crippen molar-refractivity contribution in [1.29, 1.82) is 0 Å². The predicted molar refractivity (Wildman–Crippen MR) is 130 cm³/mol. The number of anilines is 1. The Morgan fingerprint density at radius 1 is 1.21 bits per heavy atom. The molecule has 1 aromatic carbocycles. The van der Waals surface area contributed by atoms with E-state index in [1.165, 1.54) is 23.1 Å². The molecule has 0 unspecified atom stereocenters. The fourth-order valence-corrected chi connectivity index (χ4v) is 5.64. The fourth-order valence-electron chi connectivity index (χ4n) is 3.84. The molecule has 1 aliphatic rings. The summed E-state index contributed by atoms with van der Waals surface area (Å²) in [5.41, 5.74) is 2.92. The van der Waals surface area contributed by atoms with E-state index in [0.717, 1.165) is 16.9 Å². The van der Waals surface area contributed by atoms with E-state index in [1.807, 2.05) is 25.3 Å². The number of thioether (sulfide) groups is 1. The quantitative estimate of drug-likeness (QED) is 0.500. The Morgan fingerprint density at radius 2 is 1.97 bits per heavy atom. The first kappa shape index (κ1) is 23.0. The average Bonchev–Trinajstić information content (AvgIpc) is 3.20. The van der Waals surface area contributed by atoms with E-state index in [-0.39, 0.29) is 17.4 Å². The Hall–Kier alpha value is -3.17. The Labute approximate surface area is 199 Å². The van der Waals surface area contributed by atoms with Gasteiger partial charge in [0, 0.05) is 23.2 Å². The number of nitrogens with zero attached hydrogens (tertiary/aromatic N) is 2. The van der Waals surface area contributed by atoms with Crippen LogP contribution in [0.4, 0.5) is 5.00 Å². The summed E-state index contributed by atoms with van der Waals surface area (Å²) in [4.78, 5) is 44.7. The van der Waals surface area contributed by atoms with E-state index in [4.69, 9.17) is 0 Å². The predicted octanol–water partition coefficient (Wildman–Crippen LogP) is 4.58. The molecule has 2 N–H and O–H groups in total. The van der Waals surface area contributed by atoms with Crippen LogP contribution in [0, 0.1) is 0 Å². The van der Waals surface area contributed by atoms with Crippen LogP contribution in [0.1, 0.15) is 54.0 Å². The second-order valence-corrected chi connectivity index (χ2v) is 9.45. The standard InChI is InChI=1S/C24H23N3O4S2/c1-3-14-6-8-15(9-7-14)20(28)26-22-19(24(30)31)16-10-12-27(13-18(16)33-22)23(29)17-5-4-11-25-21(17)32-2/h4-9,11H,3,10,12-13H2,1-2H3,(H,26,28)(H,30,31). The SMILES string of the molecule is CCc1ccc(C(=O)Nc2sc3c(c2C(=O)O)CCN(C(=O)c2cccnc2SC)C3)cc1. The van der Waals surface area contributed by atoms with Gasteiger partial charge in [-0.1, -0.05) is 19.1 Å². The highest BCUT2D eigenvalue weighted by Crippen LogP contribution is 2.38. The molecule has 3 aromatic rings. The Balaban J connectivity index is 1.59. The van der Waals surface area contributed by atoms with Crippen molar-refractivity contribution in [3.8, 4) is 0 Å². The first-order valence-electron chi connectivity index (χ1n) is 10.5. The number of fused-ring (bicyclic) bond motifs is 1. The van der Waals surface area contributed by atoms with Gasteiger partial charge in [0.05, 0.1) is 17.7 Å². The van der Waals surface area contributed by atoms with Crippen molar-refractivity contribution < 1.29 is 19.5 Å². The molecular formula is C24H23N3O4S2. The molecule has 0 saturated heterocycles. The number of hydrogen-bond donors (Lipinski definition) is 2. The van der Waals surface area contributed by atoms with E-state index in [2.05, 4.69) is 10.3 Å². The third-order valence-electron chi connectivity index (χ3n) is 5.60. The third-order valence-corrected chi connectivity index (χ3v) is 7.45. The maximum atomic E-state index is 13.1. The van der Waals surface area contributed by atoms with E-state index >= 15 is 0 Å². The number of aromatic nitrogens is 1. The molecule has 1 aliphatic heterocycles. The molecule has 33 heavy (non-hydrogen) atoms. The molecule has 2 amide bonds. The normalized spacial score (nSPS) is 12.8. The summed E-state index contributed by atoms with van der Waals surface area (Å²) in [6.07, 6.45) is 4.81. The summed E-state index contributed by atoms with van der Waals surface area (Å²) in [6.45, 7) is 2.73. The van der Waals surface area contributed by atoms with E-state index in [9.17, 15) is 19.5 Å². The highest BCUT2D eigenvalue weighted by Gasteiger charge is 2.31. The number of pyridine rings is 1. The van der Waals surface area contributed by atoms with Crippen molar-refractivity contribution in [2.45, 2.75) is 31.3 Å². The van der Waals surface area contributed by atoms with Gasteiger partial charge in [-0.05, 0) is 54.5 Å². The number of carbonyl (C=O) groups excluding carboxylic acids is 2. The monoisotopic (exact) mass is 481 g/mol. The van der Waals surface area contributed by atoms with Crippen LogP contribution >= 0.6 is 23.1 Å². The van der Waals surface area contributed by atoms with Gasteiger partial charge in [-0.15, -0.1) is 23.1 Å². The molecule has 0 atom stereocenters. The molecule has 0 fully saturated rings. The lowest BCUT2D eigenvalue weighted by Crippen LogP contribution is -2.36. The van der Waals surface area contributed by atoms with E-state index in [1.54, 1.807) is 35.4 Å². The summed E-state index contributed by atoms with van der Waals surface area (Å²) in [5.74, 6) is -1.57. The number of aryl methyl sites for hydroxylation is 1. The number of benzene rings is 1. The molecule has 0 saturated carbocycles. The van der Waals surface area contributed by atoms with Gasteiger partial charge < -0.3 is 15.3 Å². The second kappa shape index (κ2) is 9.76. The van der Waals surface area contributed by atoms with Crippen molar-refractivity contribution >= 4 is 45.9 Å². The number of thiophene rings is 1. The van der Waals surface area contributed by atoms with Crippen LogP contribution in [0.3, 0.4) is 0 Å². The molecule has 170 valence electrons. The molecular weight excluding hydrogens is 458 g/mol. The zero-order valence-electron chi connectivity index (χ0n) is 18.3. The number of nitrogens with one attached hydrogen (secondary N) is 1. The van der Waals surface area contributed by atoms with Crippen LogP contribution in [-0.4, -0.2) is 45.6 Å². The van der Waals surface area contributed by atoms with E-state index in [0.29, 0.717) is 46.2 Å². The molecule has 9 heteroatoms. The van der Waals surface area contributed by atoms with Crippen LogP contribution in [-0.2, 0) is 19.4 Å². The minimum absolute atomic E-state index is 0.117. The molecule has 0 radical (unpaired) electrons. The second-order valence-electron chi connectivity index (χ2n) is 7.55. The van der Waals surface area contributed by atoms with Crippen molar-refractivity contribution in [1.82, 2.24) is 9.88 Å². The molecule has 0 bridgehead atoms. The third kappa shape index (κ3) is 4.65. The average molecular weight is 482 g/mol. The Kier molecular flexibility index (Phi) is 6.80. The minimum Gasteiger partial charge on any atom is -0.478 e. The van der Waals surface area contributed by atoms with Gasteiger partial charge >= 0.3 is 5.97 Å². The summed E-state index contributed by atoms with van der Waals surface area (Å²) in [7, 11) is 0. The maximum Gasteiger partial charge on any atom is 0.339 e. The zero-order valence-corrected chi connectivity index (χ0v) is 19.9. The van der Waals surface area contributed by atoms with Crippen LogP contribution in [0.2, 0.25) is 0 Å². The van der Waals surface area contributed by atoms with Crippen LogP contribution < -0.4 is 5.32 Å². The van der Waals surface area contributed by atoms with Gasteiger partial charge in [0.2, 0.25) is 0 Å². The van der Waals surface area contributed by atoms with Crippen LogP contribution in [0.25, 0.3) is 0 Å². The minimum atomic E-state index is -1.08. The lowest BCUT2D eigenvalue weighted by molar-refractivity contribution is 0.0696. The maximum absolute atomic E-state index is 13.1. The summed E-state index contributed by atoms with van der Waals surface area (Å²) in [5, 5.41) is 13.6. The largest absolute Gasteiger partial charge is 0.478 e. The Bertz CT molecular complexity index is 1220. The fraction of sp³-hybridized carbons (Fsp3) is 0.250. The number of carbonyl (C=O) groups is 3. The van der Waals surface area contributed by atoms with Gasteiger partial charge in [0.15, 0.2) is 0 Å². The van der Waals surface area contributed by atoms with Crippen molar-refractivity contribution in [3.05, 3.63) is 75.3 Å². The molecule has 0 spiro atoms. The first-order valence-corrected chi connectivity index (χ1v) is 12.5. The van der Waals surface area contributed by atoms with Gasteiger partial charge in [-0.25, -0.2) is 9.78 Å².